The molecule has 33 heavy (non-hydrogen) atoms. The number of imidazole rings is 1. The molecule has 5 rings (SSSR count). The topological polar surface area (TPSA) is 82.2 Å². The van der Waals surface area contributed by atoms with Gasteiger partial charge in [-0.3, -0.25) is 0 Å². The predicted molar refractivity (Wildman–Crippen MR) is 121 cm³/mol. The molecular formula is C23H27F2N7O. The Hall–Kier alpha value is -3.14. The number of anilines is 1. The normalized spacial score (nSPS) is 19.2. The molecule has 0 atom stereocenters. The van der Waals surface area contributed by atoms with Crippen molar-refractivity contribution in [2.45, 2.75) is 71.3 Å². The maximum Gasteiger partial charge on any atom is 0.345 e. The summed E-state index contributed by atoms with van der Waals surface area (Å²) in [7, 11) is 0. The Morgan fingerprint density at radius 1 is 1.09 bits per heavy atom. The highest BCUT2D eigenvalue weighted by Crippen LogP contribution is 2.29. The molecule has 4 aromatic rings. The lowest BCUT2D eigenvalue weighted by Crippen LogP contribution is -2.31. The second-order valence-corrected chi connectivity index (χ2v) is 8.85. The van der Waals surface area contributed by atoms with Gasteiger partial charge in [0.15, 0.2) is 5.65 Å². The first kappa shape index (κ1) is 21.7. The van der Waals surface area contributed by atoms with Gasteiger partial charge in [-0.1, -0.05) is 0 Å². The minimum atomic E-state index is -2.71. The number of hydrogen-bond acceptors (Lipinski definition) is 6. The molecule has 8 nitrogen and oxygen atoms in total. The number of rotatable bonds is 6. The van der Waals surface area contributed by atoms with Crippen molar-refractivity contribution in [2.24, 2.45) is 0 Å². The zero-order valence-electron chi connectivity index (χ0n) is 18.9. The van der Waals surface area contributed by atoms with Crippen molar-refractivity contribution in [2.75, 3.05) is 5.32 Å². The summed E-state index contributed by atoms with van der Waals surface area (Å²) in [5.41, 5.74) is 4.60. The van der Waals surface area contributed by atoms with Crippen molar-refractivity contribution in [3.63, 3.8) is 0 Å². The summed E-state index contributed by atoms with van der Waals surface area (Å²) in [6, 6.07) is 4.55. The third-order valence-corrected chi connectivity index (χ3v) is 6.27. The number of ether oxygens (including phenoxy) is 1. The molecule has 0 saturated heterocycles. The number of hydrogen-bond donors (Lipinski definition) is 1. The fourth-order valence-corrected chi connectivity index (χ4v) is 4.77. The van der Waals surface area contributed by atoms with Crippen molar-refractivity contribution in [3.05, 3.63) is 36.5 Å². The summed E-state index contributed by atoms with van der Waals surface area (Å²) in [6.07, 6.45) is 7.83. The number of halogens is 2. The summed E-state index contributed by atoms with van der Waals surface area (Å²) in [5, 5.41) is 7.93. The standard InChI is InChI=1S/C23H27F2N7O/c1-13(2)32-14(3)28-21-19(32)10-15(11-26-21)18-8-9-31-20(18)12-27-23(30-31)29-16-4-6-17(7-5-16)33-22(24)25/h8-13,16-17,22H,4-7H2,1-3H3,(H,29,30)/t16-,17+. The van der Waals surface area contributed by atoms with Gasteiger partial charge in [0.05, 0.1) is 23.3 Å². The van der Waals surface area contributed by atoms with Crippen LogP contribution in [-0.4, -0.2) is 47.9 Å². The lowest BCUT2D eigenvalue weighted by atomic mass is 9.93. The van der Waals surface area contributed by atoms with Crippen LogP contribution in [0.2, 0.25) is 0 Å². The number of fused-ring (bicyclic) bond motifs is 2. The van der Waals surface area contributed by atoms with Crippen LogP contribution < -0.4 is 5.32 Å². The number of aromatic nitrogens is 6. The van der Waals surface area contributed by atoms with Gasteiger partial charge >= 0.3 is 6.61 Å². The summed E-state index contributed by atoms with van der Waals surface area (Å²) in [6.45, 7) is 3.55. The smallest absolute Gasteiger partial charge is 0.345 e. The fourth-order valence-electron chi connectivity index (χ4n) is 4.77. The minimum Gasteiger partial charge on any atom is -0.350 e. The molecule has 1 fully saturated rings. The molecule has 0 aliphatic heterocycles. The molecular weight excluding hydrogens is 428 g/mol. The predicted octanol–water partition coefficient (Wildman–Crippen LogP) is 4.99. The molecule has 0 unspecified atom stereocenters. The highest BCUT2D eigenvalue weighted by molar-refractivity contribution is 5.85. The number of nitrogens with one attached hydrogen (secondary N) is 1. The summed E-state index contributed by atoms with van der Waals surface area (Å²) < 4.78 is 33.4. The number of nitrogens with zero attached hydrogens (tertiary/aromatic N) is 6. The Balaban J connectivity index is 1.36. The van der Waals surface area contributed by atoms with E-state index in [1.807, 2.05) is 25.4 Å². The molecule has 1 saturated carbocycles. The van der Waals surface area contributed by atoms with E-state index < -0.39 is 6.61 Å². The Kier molecular flexibility index (Phi) is 5.69. The average Bonchev–Trinajstić information content (AvgIpc) is 3.34. The van der Waals surface area contributed by atoms with Gasteiger partial charge in [-0.25, -0.2) is 19.5 Å². The first-order chi connectivity index (χ1) is 15.9. The molecule has 0 bridgehead atoms. The zero-order chi connectivity index (χ0) is 23.1. The van der Waals surface area contributed by atoms with Crippen LogP contribution in [0.15, 0.2) is 30.7 Å². The van der Waals surface area contributed by atoms with Crippen molar-refractivity contribution in [1.29, 1.82) is 0 Å². The second kappa shape index (κ2) is 8.66. The molecule has 4 heterocycles. The van der Waals surface area contributed by atoms with Crippen molar-refractivity contribution in [3.8, 4) is 11.1 Å². The molecule has 0 aromatic carbocycles. The third kappa shape index (κ3) is 4.27. The molecule has 0 amide bonds. The van der Waals surface area contributed by atoms with Crippen molar-refractivity contribution < 1.29 is 13.5 Å². The van der Waals surface area contributed by atoms with Gasteiger partial charge in [0.25, 0.3) is 0 Å². The lowest BCUT2D eigenvalue weighted by molar-refractivity contribution is -0.169. The highest BCUT2D eigenvalue weighted by Gasteiger charge is 2.24. The monoisotopic (exact) mass is 455 g/mol. The van der Waals surface area contributed by atoms with E-state index in [0.717, 1.165) is 46.5 Å². The van der Waals surface area contributed by atoms with E-state index in [4.69, 9.17) is 0 Å². The van der Waals surface area contributed by atoms with E-state index in [9.17, 15) is 8.78 Å². The van der Waals surface area contributed by atoms with E-state index in [1.54, 1.807) is 10.7 Å². The van der Waals surface area contributed by atoms with Crippen LogP contribution >= 0.6 is 0 Å². The molecule has 1 aliphatic carbocycles. The Morgan fingerprint density at radius 3 is 2.61 bits per heavy atom. The lowest BCUT2D eigenvalue weighted by Gasteiger charge is -2.28. The zero-order valence-corrected chi connectivity index (χ0v) is 18.9. The molecule has 4 aromatic heterocycles. The molecule has 1 N–H and O–H groups in total. The first-order valence-electron chi connectivity index (χ1n) is 11.3. The van der Waals surface area contributed by atoms with Gasteiger partial charge in [-0.15, -0.1) is 5.10 Å². The van der Waals surface area contributed by atoms with E-state index in [1.165, 1.54) is 0 Å². The van der Waals surface area contributed by atoms with E-state index >= 15 is 0 Å². The maximum absolute atomic E-state index is 12.4. The molecule has 1 aliphatic rings. The van der Waals surface area contributed by atoms with Crippen LogP contribution in [0.1, 0.15) is 51.4 Å². The van der Waals surface area contributed by atoms with Crippen LogP contribution in [-0.2, 0) is 4.74 Å². The van der Waals surface area contributed by atoms with Crippen LogP contribution in [0.25, 0.3) is 27.8 Å². The number of alkyl halides is 2. The molecule has 0 spiro atoms. The van der Waals surface area contributed by atoms with Crippen LogP contribution in [0, 0.1) is 6.92 Å². The van der Waals surface area contributed by atoms with Crippen LogP contribution in [0.3, 0.4) is 0 Å². The Morgan fingerprint density at radius 2 is 1.88 bits per heavy atom. The average molecular weight is 456 g/mol. The van der Waals surface area contributed by atoms with Gasteiger partial charge in [-0.2, -0.15) is 8.78 Å². The highest BCUT2D eigenvalue weighted by atomic mass is 19.3. The maximum atomic E-state index is 12.4. The number of pyridine rings is 1. The van der Waals surface area contributed by atoms with E-state index in [2.05, 4.69) is 54.6 Å². The molecule has 10 heteroatoms. The Labute approximate surface area is 190 Å². The van der Waals surface area contributed by atoms with Crippen LogP contribution in [0.4, 0.5) is 14.7 Å². The first-order valence-corrected chi connectivity index (χ1v) is 11.3. The minimum absolute atomic E-state index is 0.140. The second-order valence-electron chi connectivity index (χ2n) is 8.85. The van der Waals surface area contributed by atoms with Crippen molar-refractivity contribution in [1.82, 2.24) is 29.1 Å². The fraction of sp³-hybridized carbons (Fsp3) is 0.478. The van der Waals surface area contributed by atoms with E-state index in [-0.39, 0.29) is 18.2 Å². The summed E-state index contributed by atoms with van der Waals surface area (Å²) >= 11 is 0. The summed E-state index contributed by atoms with van der Waals surface area (Å²) in [5.74, 6) is 1.46. The van der Waals surface area contributed by atoms with E-state index in [0.29, 0.717) is 18.8 Å². The quantitative estimate of drug-likeness (QED) is 0.441. The third-order valence-electron chi connectivity index (χ3n) is 6.27. The van der Waals surface area contributed by atoms with Gasteiger partial charge in [0.1, 0.15) is 5.82 Å². The SMILES string of the molecule is Cc1nc2ncc(-c3ccn4nc(N[C@H]5CC[C@@H](OC(F)F)CC5)ncc34)cc2n1C(C)C. The number of aryl methyl sites for hydroxylation is 1. The molecule has 174 valence electrons. The largest absolute Gasteiger partial charge is 0.350 e. The van der Waals surface area contributed by atoms with Gasteiger partial charge in [0, 0.05) is 35.6 Å². The van der Waals surface area contributed by atoms with Crippen LogP contribution in [0.5, 0.6) is 0 Å². The van der Waals surface area contributed by atoms with Crippen molar-refractivity contribution >= 4 is 22.6 Å². The van der Waals surface area contributed by atoms with Gasteiger partial charge < -0.3 is 14.6 Å². The Bertz CT molecular complexity index is 1270. The molecule has 0 radical (unpaired) electrons. The van der Waals surface area contributed by atoms with Gasteiger partial charge in [0.2, 0.25) is 5.95 Å². The summed E-state index contributed by atoms with van der Waals surface area (Å²) in [4.78, 5) is 13.7. The van der Waals surface area contributed by atoms with Gasteiger partial charge in [-0.05, 0) is 58.6 Å².